The van der Waals surface area contributed by atoms with Crippen LogP contribution in [0.3, 0.4) is 0 Å². The third-order valence-corrected chi connectivity index (χ3v) is 5.21. The van der Waals surface area contributed by atoms with Crippen LogP contribution in [-0.2, 0) is 4.79 Å². The fourth-order valence-electron chi connectivity index (χ4n) is 3.23. The first-order valence-corrected chi connectivity index (χ1v) is 8.52. The maximum Gasteiger partial charge on any atom is 0.230 e. The Kier molecular flexibility index (Phi) is 5.37. The molecule has 1 amide bonds. The van der Waals surface area contributed by atoms with E-state index < -0.39 is 0 Å². The van der Waals surface area contributed by atoms with Crippen LogP contribution in [0.5, 0.6) is 0 Å². The fourth-order valence-corrected chi connectivity index (χ4v) is 4.12. The summed E-state index contributed by atoms with van der Waals surface area (Å²) in [6.45, 7) is 6.09. The van der Waals surface area contributed by atoms with Gasteiger partial charge in [-0.05, 0) is 38.0 Å². The topological polar surface area (TPSA) is 32.3 Å². The van der Waals surface area contributed by atoms with Crippen molar-refractivity contribution >= 4 is 17.7 Å². The smallest absolute Gasteiger partial charge is 0.230 e. The highest BCUT2D eigenvalue weighted by Gasteiger charge is 2.41. The van der Waals surface area contributed by atoms with E-state index in [4.69, 9.17) is 0 Å². The van der Waals surface area contributed by atoms with Gasteiger partial charge in [0.25, 0.3) is 0 Å². The molecule has 0 bridgehead atoms. The number of nitrogens with zero attached hydrogens (tertiary/aromatic N) is 1. The van der Waals surface area contributed by atoms with Gasteiger partial charge in [0, 0.05) is 25.4 Å². The number of hydrogen-bond donors (Lipinski definition) is 1. The first-order valence-electron chi connectivity index (χ1n) is 7.36. The van der Waals surface area contributed by atoms with Crippen LogP contribution in [0.2, 0.25) is 0 Å². The molecule has 1 N–H and O–H groups in total. The van der Waals surface area contributed by atoms with Crippen molar-refractivity contribution in [2.75, 3.05) is 37.7 Å². The van der Waals surface area contributed by atoms with E-state index >= 15 is 0 Å². The van der Waals surface area contributed by atoms with E-state index in [-0.39, 0.29) is 5.41 Å². The lowest BCUT2D eigenvalue weighted by atomic mass is 9.75. The van der Waals surface area contributed by atoms with Gasteiger partial charge < -0.3 is 10.2 Å². The number of nitrogens with one attached hydrogen (secondary N) is 1. The molecule has 4 heteroatoms. The second-order valence-electron chi connectivity index (χ2n) is 5.57. The van der Waals surface area contributed by atoms with Crippen molar-refractivity contribution in [1.29, 1.82) is 0 Å². The van der Waals surface area contributed by atoms with E-state index in [1.807, 2.05) is 11.8 Å². The maximum absolute atomic E-state index is 12.9. The minimum absolute atomic E-state index is 0.0952. The van der Waals surface area contributed by atoms with E-state index in [0.29, 0.717) is 5.91 Å². The minimum Gasteiger partial charge on any atom is -0.341 e. The molecular formula is C14H26N2OS. The Morgan fingerprint density at radius 3 is 2.94 bits per heavy atom. The molecule has 0 spiro atoms. The predicted octanol–water partition coefficient (Wildman–Crippen LogP) is 2.12. The molecule has 0 aromatic carbocycles. The van der Waals surface area contributed by atoms with Gasteiger partial charge in [0.2, 0.25) is 5.91 Å². The quantitative estimate of drug-likeness (QED) is 0.852. The molecule has 0 aromatic rings. The van der Waals surface area contributed by atoms with Gasteiger partial charge in [-0.15, -0.1) is 0 Å². The highest BCUT2D eigenvalue weighted by Crippen LogP contribution is 2.34. The van der Waals surface area contributed by atoms with Crippen molar-refractivity contribution in [1.82, 2.24) is 10.2 Å². The molecule has 3 nitrogen and oxygen atoms in total. The Hall–Kier alpha value is -0.220. The second kappa shape index (κ2) is 6.80. The average Bonchev–Trinajstić information content (AvgIpc) is 2.68. The van der Waals surface area contributed by atoms with Crippen molar-refractivity contribution in [3.63, 3.8) is 0 Å². The lowest BCUT2D eigenvalue weighted by Gasteiger charge is -2.40. The van der Waals surface area contributed by atoms with E-state index in [0.717, 1.165) is 64.0 Å². The van der Waals surface area contributed by atoms with Crippen LogP contribution in [0.15, 0.2) is 0 Å². The molecule has 2 fully saturated rings. The van der Waals surface area contributed by atoms with E-state index in [1.165, 1.54) is 5.75 Å². The highest BCUT2D eigenvalue weighted by molar-refractivity contribution is 7.99. The van der Waals surface area contributed by atoms with Crippen LogP contribution < -0.4 is 5.32 Å². The first-order chi connectivity index (χ1) is 8.78. The van der Waals surface area contributed by atoms with Crippen LogP contribution in [0.25, 0.3) is 0 Å². The van der Waals surface area contributed by atoms with Gasteiger partial charge in [-0.3, -0.25) is 4.79 Å². The Balaban J connectivity index is 2.06. The summed E-state index contributed by atoms with van der Waals surface area (Å²) in [6, 6.07) is 0. The number of carbonyl (C=O) groups excluding carboxylic acids is 1. The predicted molar refractivity (Wildman–Crippen MR) is 78.0 cm³/mol. The minimum atomic E-state index is -0.0952. The standard InChI is InChI=1S/C14H26N2OS/c1-2-5-14(6-3-7-15-12-14)13(17)16-8-4-10-18-11-9-16/h15H,2-12H2,1H3. The molecule has 1 unspecified atom stereocenters. The normalized spacial score (nSPS) is 29.9. The van der Waals surface area contributed by atoms with Gasteiger partial charge in [0.1, 0.15) is 0 Å². The molecule has 2 saturated heterocycles. The van der Waals surface area contributed by atoms with E-state index in [1.54, 1.807) is 0 Å². The van der Waals surface area contributed by atoms with Gasteiger partial charge in [-0.1, -0.05) is 13.3 Å². The molecular weight excluding hydrogens is 244 g/mol. The van der Waals surface area contributed by atoms with Crippen molar-refractivity contribution in [2.24, 2.45) is 5.41 Å². The number of thioether (sulfide) groups is 1. The third kappa shape index (κ3) is 3.21. The van der Waals surface area contributed by atoms with Gasteiger partial charge >= 0.3 is 0 Å². The molecule has 104 valence electrons. The molecule has 0 saturated carbocycles. The molecule has 0 radical (unpaired) electrons. The van der Waals surface area contributed by atoms with E-state index in [9.17, 15) is 4.79 Å². The number of piperidine rings is 1. The zero-order valence-corrected chi connectivity index (χ0v) is 12.4. The molecule has 0 aromatic heterocycles. The van der Waals surface area contributed by atoms with Gasteiger partial charge in [-0.25, -0.2) is 0 Å². The van der Waals surface area contributed by atoms with Gasteiger partial charge in [0.15, 0.2) is 0 Å². The lowest BCUT2D eigenvalue weighted by Crippen LogP contribution is -2.52. The summed E-state index contributed by atoms with van der Waals surface area (Å²) >= 11 is 1.99. The van der Waals surface area contributed by atoms with Crippen molar-refractivity contribution < 1.29 is 4.79 Å². The molecule has 2 rings (SSSR count). The largest absolute Gasteiger partial charge is 0.341 e. The van der Waals surface area contributed by atoms with Crippen molar-refractivity contribution in [3.05, 3.63) is 0 Å². The summed E-state index contributed by atoms with van der Waals surface area (Å²) in [5.74, 6) is 2.75. The van der Waals surface area contributed by atoms with E-state index in [2.05, 4.69) is 17.1 Å². The third-order valence-electron chi connectivity index (χ3n) is 4.16. The van der Waals surface area contributed by atoms with Crippen LogP contribution >= 0.6 is 11.8 Å². The summed E-state index contributed by atoms with van der Waals surface area (Å²) in [7, 11) is 0. The number of rotatable bonds is 3. The first kappa shape index (κ1) is 14.2. The zero-order valence-electron chi connectivity index (χ0n) is 11.5. The summed E-state index contributed by atoms with van der Waals surface area (Å²) in [5, 5.41) is 3.44. The molecule has 0 aliphatic carbocycles. The summed E-state index contributed by atoms with van der Waals surface area (Å²) < 4.78 is 0. The van der Waals surface area contributed by atoms with Crippen LogP contribution in [0.4, 0.5) is 0 Å². The van der Waals surface area contributed by atoms with Gasteiger partial charge in [-0.2, -0.15) is 11.8 Å². The number of amides is 1. The number of hydrogen-bond acceptors (Lipinski definition) is 3. The Morgan fingerprint density at radius 1 is 1.33 bits per heavy atom. The van der Waals surface area contributed by atoms with Crippen molar-refractivity contribution in [3.8, 4) is 0 Å². The molecule has 18 heavy (non-hydrogen) atoms. The van der Waals surface area contributed by atoms with Crippen LogP contribution in [0, 0.1) is 5.41 Å². The molecule has 2 aliphatic heterocycles. The Labute approximate surface area is 115 Å². The average molecular weight is 270 g/mol. The Bertz CT molecular complexity index is 263. The molecule has 2 aliphatic rings. The SMILES string of the molecule is CCCC1(C(=O)N2CCCSCC2)CCCNC1. The second-order valence-corrected chi connectivity index (χ2v) is 6.79. The lowest BCUT2D eigenvalue weighted by molar-refractivity contribution is -0.143. The highest BCUT2D eigenvalue weighted by atomic mass is 32.2. The van der Waals surface area contributed by atoms with Crippen LogP contribution in [0.1, 0.15) is 39.0 Å². The zero-order chi connectivity index (χ0) is 12.8. The summed E-state index contributed by atoms with van der Waals surface area (Å²) in [4.78, 5) is 15.0. The maximum atomic E-state index is 12.9. The Morgan fingerprint density at radius 2 is 2.22 bits per heavy atom. The number of carbonyl (C=O) groups is 1. The fraction of sp³-hybridized carbons (Fsp3) is 0.929. The van der Waals surface area contributed by atoms with Gasteiger partial charge in [0.05, 0.1) is 5.41 Å². The summed E-state index contributed by atoms with van der Waals surface area (Å²) in [5.41, 5.74) is -0.0952. The van der Waals surface area contributed by atoms with Crippen LogP contribution in [-0.4, -0.2) is 48.5 Å². The van der Waals surface area contributed by atoms with Crippen molar-refractivity contribution in [2.45, 2.75) is 39.0 Å². The molecule has 1 atom stereocenters. The summed E-state index contributed by atoms with van der Waals surface area (Å²) in [6.07, 6.45) is 5.54. The molecule has 2 heterocycles. The monoisotopic (exact) mass is 270 g/mol.